The quantitative estimate of drug-likeness (QED) is 0.872. The molecule has 0 amide bonds. The van der Waals surface area contributed by atoms with Crippen LogP contribution in [0.15, 0.2) is 12.4 Å². The molecule has 0 atom stereocenters. The Bertz CT molecular complexity index is 660. The Morgan fingerprint density at radius 2 is 1.86 bits per heavy atom. The van der Waals surface area contributed by atoms with Crippen molar-refractivity contribution >= 4 is 11.6 Å². The summed E-state index contributed by atoms with van der Waals surface area (Å²) in [6.45, 7) is 12.3. The summed E-state index contributed by atoms with van der Waals surface area (Å²) >= 11 is 0. The van der Waals surface area contributed by atoms with Gasteiger partial charge in [-0.2, -0.15) is 14.6 Å². The van der Waals surface area contributed by atoms with Crippen molar-refractivity contribution in [3.63, 3.8) is 0 Å². The first-order chi connectivity index (χ1) is 10.3. The minimum Gasteiger partial charge on any atom is -0.366 e. The normalized spacial score (nSPS) is 20.5. The molecule has 1 aliphatic heterocycles. The second-order valence-corrected chi connectivity index (χ2v) is 7.31. The molecule has 0 saturated carbocycles. The second kappa shape index (κ2) is 5.19. The predicted octanol–water partition coefficient (Wildman–Crippen LogP) is 2.47. The number of aromatic nitrogens is 4. The van der Waals surface area contributed by atoms with Gasteiger partial charge >= 0.3 is 0 Å². The van der Waals surface area contributed by atoms with Crippen LogP contribution in [0.3, 0.4) is 0 Å². The summed E-state index contributed by atoms with van der Waals surface area (Å²) in [6, 6.07) is 2.14. The van der Waals surface area contributed by atoms with E-state index in [0.717, 1.165) is 37.4 Å². The SMILES string of the molecule is CCCc1cc(N2CC(C)(C)OC(C)(C)C2)n2ncnc2n1. The number of anilines is 1. The van der Waals surface area contributed by atoms with Crippen LogP contribution < -0.4 is 4.90 Å². The number of nitrogens with zero attached hydrogens (tertiary/aromatic N) is 5. The van der Waals surface area contributed by atoms with Crippen LogP contribution >= 0.6 is 0 Å². The minimum atomic E-state index is -0.206. The molecule has 120 valence electrons. The van der Waals surface area contributed by atoms with E-state index >= 15 is 0 Å². The summed E-state index contributed by atoms with van der Waals surface area (Å²) < 4.78 is 8.01. The summed E-state index contributed by atoms with van der Waals surface area (Å²) in [5.41, 5.74) is 0.659. The number of morpholine rings is 1. The van der Waals surface area contributed by atoms with Crippen molar-refractivity contribution in [2.24, 2.45) is 0 Å². The van der Waals surface area contributed by atoms with Gasteiger partial charge in [-0.05, 0) is 34.1 Å². The van der Waals surface area contributed by atoms with E-state index in [9.17, 15) is 0 Å². The Morgan fingerprint density at radius 1 is 1.18 bits per heavy atom. The van der Waals surface area contributed by atoms with Crippen LogP contribution in [0.1, 0.15) is 46.7 Å². The zero-order valence-electron chi connectivity index (χ0n) is 14.1. The lowest BCUT2D eigenvalue weighted by molar-refractivity contribution is -0.133. The number of hydrogen-bond donors (Lipinski definition) is 0. The van der Waals surface area contributed by atoms with E-state index in [-0.39, 0.29) is 11.2 Å². The van der Waals surface area contributed by atoms with Crippen molar-refractivity contribution < 1.29 is 4.74 Å². The molecule has 0 bridgehead atoms. The highest BCUT2D eigenvalue weighted by molar-refractivity contribution is 5.48. The maximum atomic E-state index is 6.18. The fourth-order valence-electron chi connectivity index (χ4n) is 3.40. The van der Waals surface area contributed by atoms with Gasteiger partial charge < -0.3 is 9.64 Å². The van der Waals surface area contributed by atoms with Crippen LogP contribution in [-0.2, 0) is 11.2 Å². The minimum absolute atomic E-state index is 0.206. The zero-order valence-corrected chi connectivity index (χ0v) is 14.1. The van der Waals surface area contributed by atoms with Crippen molar-refractivity contribution in [3.05, 3.63) is 18.1 Å². The van der Waals surface area contributed by atoms with Crippen molar-refractivity contribution in [1.29, 1.82) is 0 Å². The van der Waals surface area contributed by atoms with Gasteiger partial charge in [-0.1, -0.05) is 13.3 Å². The number of ether oxygens (including phenoxy) is 1. The van der Waals surface area contributed by atoms with Crippen molar-refractivity contribution in [2.75, 3.05) is 18.0 Å². The van der Waals surface area contributed by atoms with Crippen LogP contribution in [0.2, 0.25) is 0 Å². The summed E-state index contributed by atoms with van der Waals surface area (Å²) in [7, 11) is 0. The van der Waals surface area contributed by atoms with Gasteiger partial charge in [0.05, 0.1) is 11.2 Å². The maximum absolute atomic E-state index is 6.18. The molecule has 1 saturated heterocycles. The van der Waals surface area contributed by atoms with Crippen molar-refractivity contribution in [2.45, 2.75) is 58.7 Å². The van der Waals surface area contributed by atoms with Crippen LogP contribution in [0.25, 0.3) is 5.78 Å². The molecule has 3 rings (SSSR count). The van der Waals surface area contributed by atoms with Crippen molar-refractivity contribution in [3.8, 4) is 0 Å². The Morgan fingerprint density at radius 3 is 2.50 bits per heavy atom. The van der Waals surface area contributed by atoms with Gasteiger partial charge in [0.1, 0.15) is 12.1 Å². The topological polar surface area (TPSA) is 55.6 Å². The number of fused-ring (bicyclic) bond motifs is 1. The average Bonchev–Trinajstić information content (AvgIpc) is 2.82. The van der Waals surface area contributed by atoms with Crippen LogP contribution in [0, 0.1) is 0 Å². The summed E-state index contributed by atoms with van der Waals surface area (Å²) in [5, 5.41) is 4.35. The fraction of sp³-hybridized carbons (Fsp3) is 0.688. The zero-order chi connectivity index (χ0) is 16.0. The third-order valence-corrected chi connectivity index (χ3v) is 3.81. The molecular weight excluding hydrogens is 278 g/mol. The highest BCUT2D eigenvalue weighted by Crippen LogP contribution is 2.31. The van der Waals surface area contributed by atoms with Crippen LogP contribution in [0.4, 0.5) is 5.82 Å². The highest BCUT2D eigenvalue weighted by atomic mass is 16.5. The van der Waals surface area contributed by atoms with E-state index in [1.54, 1.807) is 6.33 Å². The Hall–Kier alpha value is -1.69. The molecule has 3 heterocycles. The maximum Gasteiger partial charge on any atom is 0.254 e. The highest BCUT2D eigenvalue weighted by Gasteiger charge is 2.39. The van der Waals surface area contributed by atoms with Gasteiger partial charge in [0.25, 0.3) is 5.78 Å². The Labute approximate surface area is 131 Å². The lowest BCUT2D eigenvalue weighted by atomic mass is 9.99. The Kier molecular flexibility index (Phi) is 3.59. The van der Waals surface area contributed by atoms with Gasteiger partial charge in [0.15, 0.2) is 0 Å². The van der Waals surface area contributed by atoms with E-state index in [4.69, 9.17) is 4.74 Å². The van der Waals surface area contributed by atoms with Gasteiger partial charge in [-0.15, -0.1) is 0 Å². The number of aryl methyl sites for hydroxylation is 1. The molecule has 2 aromatic heterocycles. The Balaban J connectivity index is 2.06. The first-order valence-electron chi connectivity index (χ1n) is 7.94. The lowest BCUT2D eigenvalue weighted by Crippen LogP contribution is -2.57. The monoisotopic (exact) mass is 303 g/mol. The number of hydrogen-bond acceptors (Lipinski definition) is 5. The van der Waals surface area contributed by atoms with E-state index in [2.05, 4.69) is 60.7 Å². The van der Waals surface area contributed by atoms with Gasteiger partial charge in [0, 0.05) is 24.8 Å². The molecule has 0 aromatic carbocycles. The summed E-state index contributed by atoms with van der Waals surface area (Å²) in [6.07, 6.45) is 3.59. The van der Waals surface area contributed by atoms with Crippen LogP contribution in [0.5, 0.6) is 0 Å². The third kappa shape index (κ3) is 2.92. The lowest BCUT2D eigenvalue weighted by Gasteiger charge is -2.47. The molecule has 1 aliphatic rings. The van der Waals surface area contributed by atoms with Gasteiger partial charge in [-0.25, -0.2) is 4.98 Å². The largest absolute Gasteiger partial charge is 0.366 e. The fourth-order valence-corrected chi connectivity index (χ4v) is 3.40. The van der Waals surface area contributed by atoms with E-state index < -0.39 is 0 Å². The first-order valence-corrected chi connectivity index (χ1v) is 7.94. The molecule has 6 heteroatoms. The third-order valence-electron chi connectivity index (χ3n) is 3.81. The van der Waals surface area contributed by atoms with Crippen LogP contribution in [-0.4, -0.2) is 43.9 Å². The summed E-state index contributed by atoms with van der Waals surface area (Å²) in [5.74, 6) is 1.72. The van der Waals surface area contributed by atoms with E-state index in [0.29, 0.717) is 5.78 Å². The second-order valence-electron chi connectivity index (χ2n) is 7.31. The smallest absolute Gasteiger partial charge is 0.254 e. The predicted molar refractivity (Wildman–Crippen MR) is 86.2 cm³/mol. The standard InChI is InChI=1S/C16H25N5O/c1-6-7-12-8-13(21-14(19-12)17-11-18-21)20-9-15(2,3)22-16(4,5)10-20/h8,11H,6-7,9-10H2,1-5H3. The molecule has 6 nitrogen and oxygen atoms in total. The van der Waals surface area contributed by atoms with E-state index in [1.165, 1.54) is 0 Å². The average molecular weight is 303 g/mol. The van der Waals surface area contributed by atoms with Gasteiger partial charge in [0.2, 0.25) is 0 Å². The summed E-state index contributed by atoms with van der Waals surface area (Å²) in [4.78, 5) is 11.2. The molecule has 0 aliphatic carbocycles. The molecule has 0 N–H and O–H groups in total. The molecular formula is C16H25N5O. The molecule has 0 radical (unpaired) electrons. The molecule has 22 heavy (non-hydrogen) atoms. The molecule has 2 aromatic rings. The van der Waals surface area contributed by atoms with Crippen molar-refractivity contribution in [1.82, 2.24) is 19.6 Å². The molecule has 0 spiro atoms. The first kappa shape index (κ1) is 15.2. The van der Waals surface area contributed by atoms with E-state index in [1.807, 2.05) is 4.52 Å². The molecule has 1 fully saturated rings. The van der Waals surface area contributed by atoms with Gasteiger partial charge in [-0.3, -0.25) is 0 Å². The molecule has 0 unspecified atom stereocenters. The number of rotatable bonds is 3.